The van der Waals surface area contributed by atoms with Gasteiger partial charge in [0.2, 0.25) is 5.91 Å². The molecule has 1 aromatic rings. The van der Waals surface area contributed by atoms with Gasteiger partial charge in [0, 0.05) is 12.5 Å². The Hall–Kier alpha value is -1.75. The van der Waals surface area contributed by atoms with Crippen molar-refractivity contribution in [3.05, 3.63) is 29.6 Å². The predicted molar refractivity (Wildman–Crippen MR) is 54.1 cm³/mol. The smallest absolute Gasteiger partial charge is 0.221 e. The molecule has 0 aliphatic rings. The van der Waals surface area contributed by atoms with Crippen LogP contribution in [-0.2, 0) is 4.79 Å². The molecule has 1 amide bonds. The number of rotatable bonds is 3. The van der Waals surface area contributed by atoms with Crippen LogP contribution >= 0.6 is 0 Å². The number of nitrogens with one attached hydrogen (secondary N) is 1. The van der Waals surface area contributed by atoms with E-state index in [1.165, 1.54) is 25.1 Å². The summed E-state index contributed by atoms with van der Waals surface area (Å²) in [6, 6.07) is 3.98. The van der Waals surface area contributed by atoms with Gasteiger partial charge in [-0.05, 0) is 12.1 Å². The van der Waals surface area contributed by atoms with Crippen LogP contribution < -0.4 is 11.1 Å². The molecule has 80 valence electrons. The standard InChI is InChI=1S/C10H11FN2O2/c1-6(14)13-10-7(9(15)5-12)3-2-4-8(10)11/h2-4H,5,12H2,1H3,(H,13,14). The second-order valence-electron chi connectivity index (χ2n) is 2.97. The van der Waals surface area contributed by atoms with E-state index in [1.54, 1.807) is 0 Å². The first-order valence-electron chi connectivity index (χ1n) is 4.35. The molecule has 0 unspecified atom stereocenters. The molecule has 5 heteroatoms. The summed E-state index contributed by atoms with van der Waals surface area (Å²) in [5.74, 6) is -1.51. The van der Waals surface area contributed by atoms with Crippen molar-refractivity contribution < 1.29 is 14.0 Å². The van der Waals surface area contributed by atoms with Crippen LogP contribution in [0.25, 0.3) is 0 Å². The number of carbonyl (C=O) groups is 2. The second-order valence-corrected chi connectivity index (χ2v) is 2.97. The molecule has 0 spiro atoms. The van der Waals surface area contributed by atoms with Crippen LogP contribution in [0.5, 0.6) is 0 Å². The fourth-order valence-corrected chi connectivity index (χ4v) is 1.17. The Balaban J connectivity index is 3.19. The Labute approximate surface area is 86.3 Å². The second kappa shape index (κ2) is 4.65. The third-order valence-corrected chi connectivity index (χ3v) is 1.80. The van der Waals surface area contributed by atoms with Crippen LogP contribution in [0.15, 0.2) is 18.2 Å². The molecule has 0 saturated heterocycles. The van der Waals surface area contributed by atoms with E-state index in [1.807, 2.05) is 0 Å². The summed E-state index contributed by atoms with van der Waals surface area (Å²) in [5, 5.41) is 2.27. The quantitative estimate of drug-likeness (QED) is 0.729. The highest BCUT2D eigenvalue weighted by Crippen LogP contribution is 2.19. The summed E-state index contributed by atoms with van der Waals surface area (Å²) in [4.78, 5) is 22.1. The summed E-state index contributed by atoms with van der Waals surface area (Å²) in [5.41, 5.74) is 5.15. The third kappa shape index (κ3) is 2.60. The maximum absolute atomic E-state index is 13.3. The molecule has 0 heterocycles. The van der Waals surface area contributed by atoms with Crippen LogP contribution in [0.2, 0.25) is 0 Å². The Morgan fingerprint density at radius 2 is 2.13 bits per heavy atom. The predicted octanol–water partition coefficient (Wildman–Crippen LogP) is 0.925. The summed E-state index contributed by atoms with van der Waals surface area (Å²) in [6.45, 7) is 1.01. The minimum absolute atomic E-state index is 0.0905. The Kier molecular flexibility index (Phi) is 3.51. The van der Waals surface area contributed by atoms with Gasteiger partial charge in [0.1, 0.15) is 5.82 Å². The number of halogens is 1. The van der Waals surface area contributed by atoms with Gasteiger partial charge in [0.05, 0.1) is 12.2 Å². The summed E-state index contributed by atoms with van der Waals surface area (Å²) >= 11 is 0. The monoisotopic (exact) mass is 210 g/mol. The number of hydrogen-bond acceptors (Lipinski definition) is 3. The minimum Gasteiger partial charge on any atom is -0.324 e. The van der Waals surface area contributed by atoms with Crippen molar-refractivity contribution >= 4 is 17.4 Å². The molecule has 0 aromatic heterocycles. The molecule has 0 fully saturated rings. The average molecular weight is 210 g/mol. The number of nitrogens with two attached hydrogens (primary N) is 1. The lowest BCUT2D eigenvalue weighted by atomic mass is 10.1. The molecule has 0 aliphatic heterocycles. The van der Waals surface area contributed by atoms with Crippen molar-refractivity contribution in [1.82, 2.24) is 0 Å². The number of hydrogen-bond donors (Lipinski definition) is 2. The number of amides is 1. The first-order chi connectivity index (χ1) is 7.06. The molecule has 0 bridgehead atoms. The first-order valence-corrected chi connectivity index (χ1v) is 4.35. The number of anilines is 1. The number of para-hydroxylation sites is 1. The maximum Gasteiger partial charge on any atom is 0.221 e. The zero-order chi connectivity index (χ0) is 11.4. The lowest BCUT2D eigenvalue weighted by Gasteiger charge is -2.08. The van der Waals surface area contributed by atoms with Crippen LogP contribution in [0, 0.1) is 5.82 Å². The van der Waals surface area contributed by atoms with Crippen molar-refractivity contribution in [2.45, 2.75) is 6.92 Å². The third-order valence-electron chi connectivity index (χ3n) is 1.80. The Morgan fingerprint density at radius 1 is 1.47 bits per heavy atom. The van der Waals surface area contributed by atoms with E-state index in [-0.39, 0.29) is 17.8 Å². The Bertz CT molecular complexity index is 404. The van der Waals surface area contributed by atoms with Crippen LogP contribution in [-0.4, -0.2) is 18.2 Å². The fraction of sp³-hybridized carbons (Fsp3) is 0.200. The van der Waals surface area contributed by atoms with Gasteiger partial charge in [0.15, 0.2) is 5.78 Å². The van der Waals surface area contributed by atoms with Gasteiger partial charge in [-0.15, -0.1) is 0 Å². The normalized spacial score (nSPS) is 9.80. The minimum atomic E-state index is -0.649. The number of ketones is 1. The van der Waals surface area contributed by atoms with Crippen molar-refractivity contribution in [1.29, 1.82) is 0 Å². The molecule has 1 rings (SSSR count). The molecule has 0 radical (unpaired) electrons. The zero-order valence-corrected chi connectivity index (χ0v) is 8.21. The fourth-order valence-electron chi connectivity index (χ4n) is 1.17. The molecule has 0 saturated carbocycles. The van der Waals surface area contributed by atoms with Crippen molar-refractivity contribution in [3.63, 3.8) is 0 Å². The molecule has 4 nitrogen and oxygen atoms in total. The molecule has 3 N–H and O–H groups in total. The molecule has 1 aromatic carbocycles. The van der Waals surface area contributed by atoms with Crippen molar-refractivity contribution in [3.8, 4) is 0 Å². The van der Waals surface area contributed by atoms with Gasteiger partial charge >= 0.3 is 0 Å². The highest BCUT2D eigenvalue weighted by molar-refractivity contribution is 6.05. The number of Topliss-reactive ketones (excluding diaryl/α,β-unsaturated/α-hetero) is 1. The van der Waals surface area contributed by atoms with E-state index in [0.29, 0.717) is 0 Å². The SMILES string of the molecule is CC(=O)Nc1c(F)cccc1C(=O)CN. The van der Waals surface area contributed by atoms with E-state index in [0.717, 1.165) is 0 Å². The lowest BCUT2D eigenvalue weighted by Crippen LogP contribution is -2.18. The van der Waals surface area contributed by atoms with Crippen LogP contribution in [0.4, 0.5) is 10.1 Å². The Morgan fingerprint density at radius 3 is 2.67 bits per heavy atom. The summed E-state index contributed by atoms with van der Waals surface area (Å²) < 4.78 is 13.3. The van der Waals surface area contributed by atoms with Crippen LogP contribution in [0.3, 0.4) is 0 Å². The maximum atomic E-state index is 13.3. The van der Waals surface area contributed by atoms with E-state index in [4.69, 9.17) is 5.73 Å². The summed E-state index contributed by atoms with van der Waals surface area (Å²) in [6.07, 6.45) is 0. The van der Waals surface area contributed by atoms with Gasteiger partial charge in [0.25, 0.3) is 0 Å². The molecular weight excluding hydrogens is 199 g/mol. The molecule has 0 aliphatic carbocycles. The lowest BCUT2D eigenvalue weighted by molar-refractivity contribution is -0.114. The number of benzene rings is 1. The van der Waals surface area contributed by atoms with E-state index in [9.17, 15) is 14.0 Å². The molecule has 0 atom stereocenters. The van der Waals surface area contributed by atoms with Crippen LogP contribution in [0.1, 0.15) is 17.3 Å². The van der Waals surface area contributed by atoms with Gasteiger partial charge < -0.3 is 11.1 Å². The van der Waals surface area contributed by atoms with Gasteiger partial charge in [-0.3, -0.25) is 9.59 Å². The van der Waals surface area contributed by atoms with E-state index < -0.39 is 17.5 Å². The zero-order valence-electron chi connectivity index (χ0n) is 8.21. The van der Waals surface area contributed by atoms with E-state index >= 15 is 0 Å². The van der Waals surface area contributed by atoms with Crippen molar-refractivity contribution in [2.75, 3.05) is 11.9 Å². The largest absolute Gasteiger partial charge is 0.324 e. The van der Waals surface area contributed by atoms with Gasteiger partial charge in [-0.1, -0.05) is 6.07 Å². The van der Waals surface area contributed by atoms with Crippen molar-refractivity contribution in [2.24, 2.45) is 5.73 Å². The van der Waals surface area contributed by atoms with Gasteiger partial charge in [-0.25, -0.2) is 4.39 Å². The molecular formula is C10H11FN2O2. The highest BCUT2D eigenvalue weighted by atomic mass is 19.1. The molecule has 15 heavy (non-hydrogen) atoms. The topological polar surface area (TPSA) is 72.2 Å². The van der Waals surface area contributed by atoms with Gasteiger partial charge in [-0.2, -0.15) is 0 Å². The highest BCUT2D eigenvalue weighted by Gasteiger charge is 2.14. The van der Waals surface area contributed by atoms with E-state index in [2.05, 4.69) is 5.32 Å². The average Bonchev–Trinajstić information content (AvgIpc) is 2.19. The summed E-state index contributed by atoms with van der Waals surface area (Å²) in [7, 11) is 0. The number of carbonyl (C=O) groups excluding carboxylic acids is 2. The first kappa shape index (κ1) is 11.3.